The fraction of sp³-hybridized carbons (Fsp3) is 0.217. The molecule has 4 rings (SSSR count). The number of aromatic nitrogens is 3. The van der Waals surface area contributed by atoms with Crippen LogP contribution in [-0.4, -0.2) is 27.0 Å². The Bertz CT molecular complexity index is 1120. The molecule has 8 heteroatoms. The molecule has 1 fully saturated rings. The summed E-state index contributed by atoms with van der Waals surface area (Å²) >= 11 is 0. The molecule has 0 radical (unpaired) electrons. The SMILES string of the molecule is C=CC(=O)NCc1ncc(-c2ccc(CC(=O)Nc3cc(C4CC4)[nH]n3)cc2)cc1F. The molecular weight excluding hydrogens is 397 g/mol. The highest BCUT2D eigenvalue weighted by atomic mass is 19.1. The summed E-state index contributed by atoms with van der Waals surface area (Å²) in [4.78, 5) is 27.6. The molecular formula is C23H22FN5O2. The van der Waals surface area contributed by atoms with Gasteiger partial charge in [-0.15, -0.1) is 0 Å². The predicted octanol–water partition coefficient (Wildman–Crippen LogP) is 3.47. The van der Waals surface area contributed by atoms with Gasteiger partial charge in [-0.25, -0.2) is 4.39 Å². The number of amides is 2. The van der Waals surface area contributed by atoms with Gasteiger partial charge in [0.15, 0.2) is 5.82 Å². The van der Waals surface area contributed by atoms with E-state index in [1.807, 2.05) is 30.3 Å². The maximum Gasteiger partial charge on any atom is 0.243 e. The first-order valence-corrected chi connectivity index (χ1v) is 10.0. The molecule has 0 bridgehead atoms. The van der Waals surface area contributed by atoms with E-state index in [0.29, 0.717) is 17.3 Å². The summed E-state index contributed by atoms with van der Waals surface area (Å²) in [5.74, 6) is 0.0371. The smallest absolute Gasteiger partial charge is 0.243 e. The van der Waals surface area contributed by atoms with Crippen LogP contribution in [0.3, 0.4) is 0 Å². The van der Waals surface area contributed by atoms with Gasteiger partial charge in [-0.1, -0.05) is 30.8 Å². The first-order chi connectivity index (χ1) is 15.0. The number of anilines is 1. The van der Waals surface area contributed by atoms with Crippen molar-refractivity contribution in [3.8, 4) is 11.1 Å². The van der Waals surface area contributed by atoms with E-state index < -0.39 is 5.82 Å². The molecule has 3 aromatic rings. The van der Waals surface area contributed by atoms with Crippen LogP contribution >= 0.6 is 0 Å². The van der Waals surface area contributed by atoms with E-state index in [4.69, 9.17) is 0 Å². The van der Waals surface area contributed by atoms with E-state index in [1.54, 1.807) is 6.20 Å². The standard InChI is InChI=1S/C23H22FN5O2/c1-2-22(30)26-13-20-18(24)10-17(12-25-20)15-5-3-14(4-6-15)9-23(31)27-21-11-19(28-29-21)16-7-8-16/h2-6,10-12,16H,1,7-9,13H2,(H,26,30)(H2,27,28,29,31). The molecule has 0 atom stereocenters. The van der Waals surface area contributed by atoms with Gasteiger partial charge >= 0.3 is 0 Å². The minimum atomic E-state index is -0.505. The number of nitrogens with one attached hydrogen (secondary N) is 3. The number of rotatable bonds is 8. The van der Waals surface area contributed by atoms with Crippen LogP contribution in [0, 0.1) is 5.82 Å². The number of hydrogen-bond donors (Lipinski definition) is 3. The van der Waals surface area contributed by atoms with Crippen molar-refractivity contribution < 1.29 is 14.0 Å². The molecule has 0 spiro atoms. The summed E-state index contributed by atoms with van der Waals surface area (Å²) in [5, 5.41) is 12.4. The van der Waals surface area contributed by atoms with Gasteiger partial charge in [0.1, 0.15) is 5.82 Å². The minimum Gasteiger partial charge on any atom is -0.347 e. The molecule has 0 saturated heterocycles. The van der Waals surface area contributed by atoms with Gasteiger partial charge in [0.25, 0.3) is 0 Å². The van der Waals surface area contributed by atoms with Gasteiger partial charge in [0, 0.05) is 29.4 Å². The molecule has 31 heavy (non-hydrogen) atoms. The van der Waals surface area contributed by atoms with Crippen LogP contribution in [-0.2, 0) is 22.6 Å². The molecule has 2 heterocycles. The summed E-state index contributed by atoms with van der Waals surface area (Å²) in [7, 11) is 0. The molecule has 1 aliphatic rings. The quantitative estimate of drug-likeness (QED) is 0.487. The summed E-state index contributed by atoms with van der Waals surface area (Å²) in [6.45, 7) is 3.34. The summed E-state index contributed by atoms with van der Waals surface area (Å²) in [6.07, 6.45) is 5.20. The second-order valence-corrected chi connectivity index (χ2v) is 7.48. The molecule has 2 aromatic heterocycles. The zero-order chi connectivity index (χ0) is 21.8. The van der Waals surface area contributed by atoms with Crippen LogP contribution in [0.15, 0.2) is 55.3 Å². The van der Waals surface area contributed by atoms with Crippen molar-refractivity contribution in [1.82, 2.24) is 20.5 Å². The van der Waals surface area contributed by atoms with E-state index in [-0.39, 0.29) is 30.5 Å². The van der Waals surface area contributed by atoms with Gasteiger partial charge < -0.3 is 10.6 Å². The Hall–Kier alpha value is -3.81. The van der Waals surface area contributed by atoms with Crippen LogP contribution in [0.25, 0.3) is 11.1 Å². The van der Waals surface area contributed by atoms with Gasteiger partial charge in [-0.05, 0) is 36.1 Å². The molecule has 7 nitrogen and oxygen atoms in total. The molecule has 0 aliphatic heterocycles. The Morgan fingerprint density at radius 2 is 1.97 bits per heavy atom. The van der Waals surface area contributed by atoms with Gasteiger partial charge in [-0.2, -0.15) is 5.10 Å². The predicted molar refractivity (Wildman–Crippen MR) is 115 cm³/mol. The van der Waals surface area contributed by atoms with Crippen molar-refractivity contribution in [2.24, 2.45) is 0 Å². The monoisotopic (exact) mass is 419 g/mol. The Morgan fingerprint density at radius 1 is 1.19 bits per heavy atom. The van der Waals surface area contributed by atoms with Crippen LogP contribution in [0.5, 0.6) is 0 Å². The molecule has 158 valence electrons. The first-order valence-electron chi connectivity index (χ1n) is 10.0. The van der Waals surface area contributed by atoms with Crippen LogP contribution in [0.4, 0.5) is 10.2 Å². The first kappa shape index (κ1) is 20.5. The fourth-order valence-electron chi connectivity index (χ4n) is 3.19. The number of pyridine rings is 1. The van der Waals surface area contributed by atoms with Crippen molar-refractivity contribution in [3.05, 3.63) is 78.0 Å². The minimum absolute atomic E-state index is 0.0107. The molecule has 2 amide bonds. The Kier molecular flexibility index (Phi) is 5.88. The Morgan fingerprint density at radius 3 is 2.65 bits per heavy atom. The zero-order valence-corrected chi connectivity index (χ0v) is 16.8. The van der Waals surface area contributed by atoms with Gasteiger partial charge in [0.2, 0.25) is 11.8 Å². The number of nitrogens with zero attached hydrogens (tertiary/aromatic N) is 2. The third kappa shape index (κ3) is 5.22. The zero-order valence-electron chi connectivity index (χ0n) is 16.8. The number of halogens is 1. The molecule has 1 saturated carbocycles. The van der Waals surface area contributed by atoms with Gasteiger partial charge in [-0.3, -0.25) is 19.7 Å². The topological polar surface area (TPSA) is 99.8 Å². The van der Waals surface area contributed by atoms with Crippen molar-refractivity contribution in [1.29, 1.82) is 0 Å². The highest BCUT2D eigenvalue weighted by Crippen LogP contribution is 2.39. The highest BCUT2D eigenvalue weighted by Gasteiger charge is 2.25. The average Bonchev–Trinajstić information content (AvgIpc) is 3.52. The summed E-state index contributed by atoms with van der Waals surface area (Å²) in [5.41, 5.74) is 3.43. The third-order valence-corrected chi connectivity index (χ3v) is 5.07. The lowest BCUT2D eigenvalue weighted by Crippen LogP contribution is -2.21. The normalized spacial score (nSPS) is 12.9. The van der Waals surface area contributed by atoms with Crippen LogP contribution < -0.4 is 10.6 Å². The van der Waals surface area contributed by atoms with Crippen LogP contribution in [0.2, 0.25) is 0 Å². The van der Waals surface area contributed by atoms with E-state index in [1.165, 1.54) is 6.07 Å². The van der Waals surface area contributed by atoms with E-state index >= 15 is 0 Å². The number of H-pyrrole nitrogens is 1. The van der Waals surface area contributed by atoms with E-state index in [9.17, 15) is 14.0 Å². The number of carbonyl (C=O) groups is 2. The number of aromatic amines is 1. The van der Waals surface area contributed by atoms with Gasteiger partial charge in [0.05, 0.1) is 18.7 Å². The summed E-state index contributed by atoms with van der Waals surface area (Å²) < 4.78 is 14.3. The molecule has 3 N–H and O–H groups in total. The molecule has 0 unspecified atom stereocenters. The van der Waals surface area contributed by atoms with Crippen LogP contribution in [0.1, 0.15) is 35.7 Å². The Balaban J connectivity index is 1.35. The fourth-order valence-corrected chi connectivity index (χ4v) is 3.19. The van der Waals surface area contributed by atoms with Crippen molar-refractivity contribution in [2.75, 3.05) is 5.32 Å². The number of benzene rings is 1. The lowest BCUT2D eigenvalue weighted by Gasteiger charge is -2.07. The van der Waals surface area contributed by atoms with Crippen molar-refractivity contribution in [2.45, 2.75) is 31.7 Å². The van der Waals surface area contributed by atoms with E-state index in [0.717, 1.165) is 35.7 Å². The second kappa shape index (κ2) is 8.91. The molecule has 1 aromatic carbocycles. The Labute approximate surface area is 178 Å². The average molecular weight is 419 g/mol. The van der Waals surface area contributed by atoms with Crippen molar-refractivity contribution in [3.63, 3.8) is 0 Å². The summed E-state index contributed by atoms with van der Waals surface area (Å²) in [6, 6.07) is 10.5. The largest absolute Gasteiger partial charge is 0.347 e. The highest BCUT2D eigenvalue weighted by molar-refractivity contribution is 5.91. The maximum absolute atomic E-state index is 14.3. The maximum atomic E-state index is 14.3. The second-order valence-electron chi connectivity index (χ2n) is 7.48. The third-order valence-electron chi connectivity index (χ3n) is 5.07. The number of carbonyl (C=O) groups excluding carboxylic acids is 2. The lowest BCUT2D eigenvalue weighted by molar-refractivity contribution is -0.117. The van der Waals surface area contributed by atoms with Crippen molar-refractivity contribution >= 4 is 17.6 Å². The lowest BCUT2D eigenvalue weighted by atomic mass is 10.0. The van der Waals surface area contributed by atoms with E-state index in [2.05, 4.69) is 32.4 Å². The number of hydrogen-bond acceptors (Lipinski definition) is 4. The molecule has 1 aliphatic carbocycles.